The third kappa shape index (κ3) is 3.01. The number of halogens is 5. The first-order valence-electron chi connectivity index (χ1n) is 6.50. The van der Waals surface area contributed by atoms with Gasteiger partial charge in [-0.2, -0.15) is 26.9 Å². The van der Waals surface area contributed by atoms with Gasteiger partial charge in [0, 0.05) is 6.20 Å². The first-order valence-corrected chi connectivity index (χ1v) is 7.32. The summed E-state index contributed by atoms with van der Waals surface area (Å²) in [4.78, 5) is 6.54. The molecule has 126 valence electrons. The predicted molar refractivity (Wildman–Crippen MR) is 74.6 cm³/mol. The van der Waals surface area contributed by atoms with Crippen LogP contribution in [0.1, 0.15) is 22.0 Å². The van der Waals surface area contributed by atoms with Crippen LogP contribution in [0.25, 0.3) is 10.7 Å². The van der Waals surface area contributed by atoms with E-state index in [0.717, 1.165) is 11.6 Å². The molecule has 0 unspecified atom stereocenters. The Balaban J connectivity index is 1.92. The van der Waals surface area contributed by atoms with Crippen molar-refractivity contribution >= 4 is 11.3 Å². The monoisotopic (exact) mass is 361 g/mol. The number of nitrogens with zero attached hydrogens (tertiary/aromatic N) is 3. The van der Waals surface area contributed by atoms with Crippen LogP contribution in [-0.4, -0.2) is 15.1 Å². The third-order valence-electron chi connectivity index (χ3n) is 3.04. The zero-order chi connectivity index (χ0) is 17.5. The summed E-state index contributed by atoms with van der Waals surface area (Å²) in [5, 5.41) is 3.18. The zero-order valence-corrected chi connectivity index (χ0v) is 12.8. The smallest absolute Gasteiger partial charge is 0.329 e. The van der Waals surface area contributed by atoms with Crippen molar-refractivity contribution in [2.75, 3.05) is 0 Å². The van der Waals surface area contributed by atoms with Gasteiger partial charge in [-0.05, 0) is 30.7 Å². The Hall–Kier alpha value is -2.36. The molecule has 0 atom stereocenters. The van der Waals surface area contributed by atoms with Crippen molar-refractivity contribution in [3.05, 3.63) is 52.5 Å². The summed E-state index contributed by atoms with van der Waals surface area (Å²) in [7, 11) is 0. The molecule has 0 amide bonds. The number of alkyl halides is 5. The van der Waals surface area contributed by atoms with E-state index in [1.807, 2.05) is 0 Å². The van der Waals surface area contributed by atoms with Crippen LogP contribution in [0.2, 0.25) is 0 Å². The third-order valence-corrected chi connectivity index (χ3v) is 4.19. The van der Waals surface area contributed by atoms with Crippen molar-refractivity contribution in [1.82, 2.24) is 15.1 Å². The molecule has 0 saturated heterocycles. The van der Waals surface area contributed by atoms with Crippen LogP contribution >= 0.6 is 11.3 Å². The predicted octanol–water partition coefficient (Wildman–Crippen LogP) is 4.66. The molecule has 0 aliphatic rings. The van der Waals surface area contributed by atoms with Gasteiger partial charge in [-0.1, -0.05) is 11.2 Å². The molecular formula is C14H8F5N3OS. The molecule has 3 aromatic heterocycles. The largest absolute Gasteiger partial charge is 0.471 e. The Morgan fingerprint density at radius 1 is 1.04 bits per heavy atom. The standard InChI is InChI=1S/C14H8F5N3OS/c1-7-2-4-9(20-6-7)13(15,16)10-5-3-8(24-10)11-21-12(23-22-11)14(17,18)19/h2-6H,1H3. The highest BCUT2D eigenvalue weighted by Crippen LogP contribution is 2.41. The molecule has 0 bridgehead atoms. The highest BCUT2D eigenvalue weighted by atomic mass is 32.1. The van der Waals surface area contributed by atoms with E-state index < -0.39 is 29.5 Å². The molecule has 0 radical (unpaired) electrons. The molecule has 3 heterocycles. The van der Waals surface area contributed by atoms with E-state index in [2.05, 4.69) is 19.6 Å². The molecule has 0 aliphatic heterocycles. The summed E-state index contributed by atoms with van der Waals surface area (Å²) >= 11 is 0.574. The highest BCUT2D eigenvalue weighted by molar-refractivity contribution is 7.15. The van der Waals surface area contributed by atoms with Gasteiger partial charge >= 0.3 is 18.0 Å². The Morgan fingerprint density at radius 2 is 1.79 bits per heavy atom. The molecule has 0 N–H and O–H groups in total. The molecule has 0 aliphatic carbocycles. The van der Waals surface area contributed by atoms with Gasteiger partial charge < -0.3 is 4.52 Å². The van der Waals surface area contributed by atoms with Gasteiger partial charge in [-0.3, -0.25) is 4.98 Å². The van der Waals surface area contributed by atoms with Crippen molar-refractivity contribution in [1.29, 1.82) is 0 Å². The van der Waals surface area contributed by atoms with E-state index in [1.54, 1.807) is 6.92 Å². The van der Waals surface area contributed by atoms with E-state index in [0.29, 0.717) is 11.3 Å². The van der Waals surface area contributed by atoms with Crippen LogP contribution in [0.5, 0.6) is 0 Å². The van der Waals surface area contributed by atoms with Crippen LogP contribution in [-0.2, 0) is 12.1 Å². The van der Waals surface area contributed by atoms with E-state index in [4.69, 9.17) is 0 Å². The number of pyridine rings is 1. The Morgan fingerprint density at radius 3 is 2.38 bits per heavy atom. The fourth-order valence-electron chi connectivity index (χ4n) is 1.85. The van der Waals surface area contributed by atoms with Crippen LogP contribution < -0.4 is 0 Å². The Bertz CT molecular complexity index is 854. The average Bonchev–Trinajstić information content (AvgIpc) is 3.16. The van der Waals surface area contributed by atoms with Gasteiger partial charge in [0.15, 0.2) is 0 Å². The molecule has 4 nitrogen and oxygen atoms in total. The maximum Gasteiger partial charge on any atom is 0.471 e. The molecule has 0 aromatic carbocycles. The van der Waals surface area contributed by atoms with E-state index in [-0.39, 0.29) is 9.75 Å². The molecule has 24 heavy (non-hydrogen) atoms. The summed E-state index contributed by atoms with van der Waals surface area (Å²) in [6, 6.07) is 5.02. The number of thiophene rings is 1. The first-order chi connectivity index (χ1) is 11.2. The van der Waals surface area contributed by atoms with Crippen LogP contribution in [0.15, 0.2) is 35.0 Å². The van der Waals surface area contributed by atoms with Gasteiger partial charge in [0.1, 0.15) is 5.69 Å². The van der Waals surface area contributed by atoms with E-state index in [9.17, 15) is 22.0 Å². The number of rotatable bonds is 3. The van der Waals surface area contributed by atoms with Crippen molar-refractivity contribution < 1.29 is 26.5 Å². The maximum absolute atomic E-state index is 14.4. The van der Waals surface area contributed by atoms with E-state index in [1.165, 1.54) is 24.4 Å². The summed E-state index contributed by atoms with van der Waals surface area (Å²) in [6.07, 6.45) is -3.48. The quantitative estimate of drug-likeness (QED) is 0.637. The lowest BCUT2D eigenvalue weighted by molar-refractivity contribution is -0.159. The minimum atomic E-state index is -4.79. The summed E-state index contributed by atoms with van der Waals surface area (Å²) in [6.45, 7) is 1.71. The molecular weight excluding hydrogens is 353 g/mol. The highest BCUT2D eigenvalue weighted by Gasteiger charge is 2.40. The van der Waals surface area contributed by atoms with Gasteiger partial charge in [0.2, 0.25) is 5.82 Å². The lowest BCUT2D eigenvalue weighted by Crippen LogP contribution is -2.15. The van der Waals surface area contributed by atoms with Crippen LogP contribution in [0.3, 0.4) is 0 Å². The van der Waals surface area contributed by atoms with Crippen molar-refractivity contribution in [2.24, 2.45) is 0 Å². The second-order valence-electron chi connectivity index (χ2n) is 4.88. The van der Waals surface area contributed by atoms with Crippen molar-refractivity contribution in [3.63, 3.8) is 0 Å². The summed E-state index contributed by atoms with van der Waals surface area (Å²) in [5.74, 6) is -5.31. The van der Waals surface area contributed by atoms with Gasteiger partial charge in [-0.25, -0.2) is 0 Å². The Kier molecular flexibility index (Phi) is 3.86. The SMILES string of the molecule is Cc1ccc(C(F)(F)c2ccc(-c3noc(C(F)(F)F)n3)s2)nc1. The first kappa shape index (κ1) is 16.5. The molecule has 0 saturated carbocycles. The zero-order valence-electron chi connectivity index (χ0n) is 11.9. The molecule has 10 heteroatoms. The number of aromatic nitrogens is 3. The minimum absolute atomic E-state index is 0.0380. The summed E-state index contributed by atoms with van der Waals surface area (Å²) in [5.41, 5.74) is 0.276. The number of hydrogen-bond acceptors (Lipinski definition) is 5. The molecule has 3 rings (SSSR count). The normalized spacial score (nSPS) is 12.6. The fourth-order valence-corrected chi connectivity index (χ4v) is 2.76. The second-order valence-corrected chi connectivity index (χ2v) is 5.96. The van der Waals surface area contributed by atoms with Crippen molar-refractivity contribution in [2.45, 2.75) is 19.0 Å². The van der Waals surface area contributed by atoms with Gasteiger partial charge in [0.05, 0.1) is 9.75 Å². The van der Waals surface area contributed by atoms with Crippen LogP contribution in [0, 0.1) is 6.92 Å². The minimum Gasteiger partial charge on any atom is -0.329 e. The topological polar surface area (TPSA) is 51.8 Å². The van der Waals surface area contributed by atoms with Crippen molar-refractivity contribution in [3.8, 4) is 10.7 Å². The van der Waals surface area contributed by atoms with Gasteiger partial charge in [-0.15, -0.1) is 11.3 Å². The average molecular weight is 361 g/mol. The number of aryl methyl sites for hydroxylation is 1. The summed E-state index contributed by atoms with van der Waals surface area (Å²) < 4.78 is 70.3. The Labute approximate surface area is 136 Å². The second kappa shape index (κ2) is 5.62. The van der Waals surface area contributed by atoms with Gasteiger partial charge in [0.25, 0.3) is 0 Å². The number of hydrogen-bond donors (Lipinski definition) is 0. The lowest BCUT2D eigenvalue weighted by atomic mass is 10.1. The lowest BCUT2D eigenvalue weighted by Gasteiger charge is -2.13. The van der Waals surface area contributed by atoms with E-state index >= 15 is 0 Å². The fraction of sp³-hybridized carbons (Fsp3) is 0.214. The van der Waals surface area contributed by atoms with Crippen LogP contribution in [0.4, 0.5) is 22.0 Å². The molecule has 3 aromatic rings. The maximum atomic E-state index is 14.4. The molecule has 0 spiro atoms. The molecule has 0 fully saturated rings.